The Morgan fingerprint density at radius 1 is 1.07 bits per heavy atom. The van der Waals surface area contributed by atoms with Crippen LogP contribution >= 0.6 is 0 Å². The first-order valence-electron chi connectivity index (χ1n) is 9.67. The molecule has 1 aromatic heterocycles. The van der Waals surface area contributed by atoms with Crippen LogP contribution < -0.4 is 0 Å². The summed E-state index contributed by atoms with van der Waals surface area (Å²) in [5.41, 5.74) is 1.29. The van der Waals surface area contributed by atoms with E-state index < -0.39 is 10.0 Å². The number of piperazine rings is 1. The van der Waals surface area contributed by atoms with Crippen molar-refractivity contribution in [2.75, 3.05) is 39.3 Å². The summed E-state index contributed by atoms with van der Waals surface area (Å²) in [4.78, 5) is 2.38. The lowest BCUT2D eigenvalue weighted by Crippen LogP contribution is -2.49. The van der Waals surface area contributed by atoms with Crippen LogP contribution in [0.5, 0.6) is 0 Å². The quantitative estimate of drug-likeness (QED) is 0.787. The zero-order valence-corrected chi connectivity index (χ0v) is 17.7. The van der Waals surface area contributed by atoms with Crippen molar-refractivity contribution in [1.82, 2.24) is 19.0 Å². The maximum Gasteiger partial charge on any atom is 0.246 e. The van der Waals surface area contributed by atoms with Gasteiger partial charge in [-0.05, 0) is 5.56 Å². The Kier molecular flexibility index (Phi) is 6.24. The second kappa shape index (κ2) is 8.32. The molecule has 0 unspecified atom stereocenters. The van der Waals surface area contributed by atoms with Gasteiger partial charge in [0, 0.05) is 44.3 Å². The number of aliphatic hydroxyl groups excluding tert-OH is 1. The van der Waals surface area contributed by atoms with Gasteiger partial charge in [-0.25, -0.2) is 8.42 Å². The molecular weight excluding hydrogens is 376 g/mol. The van der Waals surface area contributed by atoms with Crippen molar-refractivity contribution >= 4 is 10.0 Å². The van der Waals surface area contributed by atoms with Gasteiger partial charge in [-0.15, -0.1) is 0 Å². The number of β-amino-alcohol motifs (C(OH)–C–C–N with tert-alkyl or cyclic N) is 1. The minimum Gasteiger partial charge on any atom is -0.395 e. The van der Waals surface area contributed by atoms with Crippen molar-refractivity contribution in [2.45, 2.75) is 37.6 Å². The number of sulfonamides is 1. The van der Waals surface area contributed by atoms with Crippen LogP contribution in [-0.2, 0) is 22.0 Å². The lowest BCUT2D eigenvalue weighted by molar-refractivity contribution is 0.151. The molecule has 0 bridgehead atoms. The fourth-order valence-electron chi connectivity index (χ4n) is 3.44. The van der Waals surface area contributed by atoms with E-state index in [4.69, 9.17) is 5.11 Å². The lowest BCUT2D eigenvalue weighted by atomic mass is 9.92. The van der Waals surface area contributed by atoms with E-state index >= 15 is 0 Å². The van der Waals surface area contributed by atoms with E-state index in [1.54, 1.807) is 15.2 Å². The molecule has 2 aromatic rings. The zero-order chi connectivity index (χ0) is 20.4. The maximum atomic E-state index is 13.4. The van der Waals surface area contributed by atoms with Crippen LogP contribution in [0.15, 0.2) is 41.4 Å². The Morgan fingerprint density at radius 3 is 2.29 bits per heavy atom. The summed E-state index contributed by atoms with van der Waals surface area (Å²) in [5, 5.41) is 13.7. The monoisotopic (exact) mass is 406 g/mol. The fraction of sp³-hybridized carbons (Fsp3) is 0.550. The molecule has 1 aliphatic rings. The molecule has 8 heteroatoms. The smallest absolute Gasteiger partial charge is 0.246 e. The number of hydrogen-bond donors (Lipinski definition) is 1. The second-order valence-electron chi connectivity index (χ2n) is 8.24. The van der Waals surface area contributed by atoms with Crippen LogP contribution in [0.1, 0.15) is 32.0 Å². The van der Waals surface area contributed by atoms with Crippen LogP contribution in [0.4, 0.5) is 0 Å². The Morgan fingerprint density at radius 2 is 1.71 bits per heavy atom. The third-order valence-electron chi connectivity index (χ3n) is 4.99. The Hall–Kier alpha value is -1.74. The van der Waals surface area contributed by atoms with Crippen molar-refractivity contribution in [3.8, 4) is 0 Å². The molecule has 1 aliphatic heterocycles. The predicted molar refractivity (Wildman–Crippen MR) is 109 cm³/mol. The van der Waals surface area contributed by atoms with Gasteiger partial charge in [0.15, 0.2) is 0 Å². The van der Waals surface area contributed by atoms with Gasteiger partial charge in [0.25, 0.3) is 0 Å². The highest BCUT2D eigenvalue weighted by atomic mass is 32.2. The van der Waals surface area contributed by atoms with E-state index in [0.29, 0.717) is 49.9 Å². The lowest BCUT2D eigenvalue weighted by Gasteiger charge is -2.33. The largest absolute Gasteiger partial charge is 0.395 e. The molecule has 3 rings (SSSR count). The van der Waals surface area contributed by atoms with Gasteiger partial charge in [-0.3, -0.25) is 9.58 Å². The van der Waals surface area contributed by atoms with Crippen molar-refractivity contribution in [2.24, 2.45) is 0 Å². The van der Waals surface area contributed by atoms with E-state index in [0.717, 1.165) is 5.56 Å². The molecule has 0 spiro atoms. The molecule has 2 heterocycles. The first-order valence-corrected chi connectivity index (χ1v) is 11.1. The first-order chi connectivity index (χ1) is 13.2. The summed E-state index contributed by atoms with van der Waals surface area (Å²) >= 11 is 0. The first kappa shape index (κ1) is 21.0. The number of hydrogen-bond acceptors (Lipinski definition) is 5. The van der Waals surface area contributed by atoms with Gasteiger partial charge >= 0.3 is 0 Å². The Labute approximate surface area is 167 Å². The average molecular weight is 407 g/mol. The SMILES string of the molecule is CC(C)(C)c1nn(Cc2ccccc2)cc1S(=O)(=O)N1CCN(CCO)CC1. The standard InChI is InChI=1S/C20H30N4O3S/c1-20(2,3)19-18(16-23(21-19)15-17-7-5-4-6-8-17)28(26,27)24-11-9-22(10-12-24)13-14-25/h4-8,16,25H,9-15H2,1-3H3. The molecule has 28 heavy (non-hydrogen) atoms. The normalized spacial score (nSPS) is 17.1. The summed E-state index contributed by atoms with van der Waals surface area (Å²) in [6, 6.07) is 9.90. The summed E-state index contributed by atoms with van der Waals surface area (Å²) in [6.45, 7) is 9.27. The highest BCUT2D eigenvalue weighted by Gasteiger charge is 2.35. The number of aliphatic hydroxyl groups is 1. The number of rotatable bonds is 6. The summed E-state index contributed by atoms with van der Waals surface area (Å²) in [5.74, 6) is 0. The topological polar surface area (TPSA) is 78.7 Å². The van der Waals surface area contributed by atoms with Crippen LogP contribution in [0.2, 0.25) is 0 Å². The van der Waals surface area contributed by atoms with Gasteiger partial charge in [0.1, 0.15) is 4.90 Å². The third-order valence-corrected chi connectivity index (χ3v) is 6.89. The molecule has 0 saturated carbocycles. The summed E-state index contributed by atoms with van der Waals surface area (Å²) in [7, 11) is -3.62. The molecule has 1 N–H and O–H groups in total. The van der Waals surface area contributed by atoms with Crippen LogP contribution in [0.25, 0.3) is 0 Å². The van der Waals surface area contributed by atoms with Gasteiger partial charge < -0.3 is 5.11 Å². The molecule has 1 fully saturated rings. The minimum atomic E-state index is -3.62. The van der Waals surface area contributed by atoms with Crippen molar-refractivity contribution < 1.29 is 13.5 Å². The van der Waals surface area contributed by atoms with Gasteiger partial charge in [-0.2, -0.15) is 9.40 Å². The summed E-state index contributed by atoms with van der Waals surface area (Å²) in [6.07, 6.45) is 1.67. The van der Waals surface area contributed by atoms with Crippen molar-refractivity contribution in [3.63, 3.8) is 0 Å². The number of nitrogens with zero attached hydrogens (tertiary/aromatic N) is 4. The molecule has 154 valence electrons. The van der Waals surface area contributed by atoms with E-state index in [9.17, 15) is 8.42 Å². The van der Waals surface area contributed by atoms with E-state index in [1.807, 2.05) is 51.1 Å². The second-order valence-corrected chi connectivity index (χ2v) is 10.2. The molecule has 0 atom stereocenters. The van der Waals surface area contributed by atoms with Crippen LogP contribution in [0.3, 0.4) is 0 Å². The number of aromatic nitrogens is 2. The zero-order valence-electron chi connectivity index (χ0n) is 16.9. The molecular formula is C20H30N4O3S. The van der Waals surface area contributed by atoms with Crippen LogP contribution in [0, 0.1) is 0 Å². The molecule has 1 saturated heterocycles. The molecule has 7 nitrogen and oxygen atoms in total. The number of benzene rings is 1. The minimum absolute atomic E-state index is 0.0905. The molecule has 1 aromatic carbocycles. The maximum absolute atomic E-state index is 13.4. The molecule has 0 radical (unpaired) electrons. The third kappa shape index (κ3) is 4.63. The molecule has 0 amide bonds. The fourth-order valence-corrected chi connectivity index (χ4v) is 5.21. The van der Waals surface area contributed by atoms with Crippen molar-refractivity contribution in [1.29, 1.82) is 0 Å². The highest BCUT2D eigenvalue weighted by Crippen LogP contribution is 2.30. The van der Waals surface area contributed by atoms with Gasteiger partial charge in [0.2, 0.25) is 10.0 Å². The highest BCUT2D eigenvalue weighted by molar-refractivity contribution is 7.89. The van der Waals surface area contributed by atoms with Crippen molar-refractivity contribution in [3.05, 3.63) is 47.8 Å². The van der Waals surface area contributed by atoms with E-state index in [2.05, 4.69) is 10.00 Å². The Bertz CT molecular complexity index is 880. The van der Waals surface area contributed by atoms with Gasteiger partial charge in [-0.1, -0.05) is 51.1 Å². The summed E-state index contributed by atoms with van der Waals surface area (Å²) < 4.78 is 30.0. The predicted octanol–water partition coefficient (Wildman–Crippen LogP) is 1.53. The van der Waals surface area contributed by atoms with Crippen LogP contribution in [-0.4, -0.2) is 71.8 Å². The Balaban J connectivity index is 1.89. The van der Waals surface area contributed by atoms with E-state index in [-0.39, 0.29) is 12.0 Å². The van der Waals surface area contributed by atoms with E-state index in [1.165, 1.54) is 0 Å². The molecule has 0 aliphatic carbocycles. The van der Waals surface area contributed by atoms with Gasteiger partial charge in [0.05, 0.1) is 18.8 Å². The average Bonchev–Trinajstić information content (AvgIpc) is 3.08.